The molecule has 0 saturated heterocycles. The van der Waals surface area contributed by atoms with E-state index in [1.807, 2.05) is 0 Å². The van der Waals surface area contributed by atoms with Crippen LogP contribution in [0.5, 0.6) is 0 Å². The Bertz CT molecular complexity index is 2310. The van der Waals surface area contributed by atoms with Crippen molar-refractivity contribution in [2.45, 2.75) is 12.5 Å². The molecule has 208 valence electrons. The largest absolute Gasteiger partial charge is 0.333 e. The first-order valence-electron chi connectivity index (χ1n) is 15.4. The molecule has 1 aliphatic carbocycles. The molecule has 0 saturated carbocycles. The molecule has 0 amide bonds. The molecule has 9 rings (SSSR count). The van der Waals surface area contributed by atoms with E-state index in [0.717, 1.165) is 6.42 Å². The molecule has 0 aliphatic heterocycles. The second-order valence-electron chi connectivity index (χ2n) is 11.7. The maximum Gasteiger partial charge on any atom is 0.0586 e. The number of aromatic nitrogens is 2. The standard InChI is InChI=1S/C42H30N2/c1-2-14-29(15-3-1)33-16-4-5-17-34(33)30-26-31(43-39-22-10-6-18-35(39)36-19-7-11-23-40(36)43)28-32(27-30)44-41-24-12-8-20-37(41)38-21-9-13-25-42(38)44/h1-26,28,32H,27H2. The van der Waals surface area contributed by atoms with Crippen LogP contribution >= 0.6 is 0 Å². The molecule has 6 aromatic carbocycles. The number of allylic oxidation sites excluding steroid dienone is 4. The van der Waals surface area contributed by atoms with Crippen molar-refractivity contribution in [1.82, 2.24) is 9.13 Å². The lowest BCUT2D eigenvalue weighted by Gasteiger charge is -2.27. The van der Waals surface area contributed by atoms with E-state index in [4.69, 9.17) is 0 Å². The van der Waals surface area contributed by atoms with Crippen molar-refractivity contribution in [2.24, 2.45) is 0 Å². The summed E-state index contributed by atoms with van der Waals surface area (Å²) in [6, 6.07) is 55.1. The van der Waals surface area contributed by atoms with Crippen molar-refractivity contribution in [3.63, 3.8) is 0 Å². The van der Waals surface area contributed by atoms with E-state index in [9.17, 15) is 0 Å². The number of hydrogen-bond acceptors (Lipinski definition) is 0. The molecule has 0 bridgehead atoms. The molecule has 1 aliphatic rings. The van der Waals surface area contributed by atoms with Crippen LogP contribution in [0.3, 0.4) is 0 Å². The average Bonchev–Trinajstić information content (AvgIpc) is 3.62. The van der Waals surface area contributed by atoms with Gasteiger partial charge in [0, 0.05) is 38.3 Å². The van der Waals surface area contributed by atoms with E-state index in [2.05, 4.69) is 173 Å². The van der Waals surface area contributed by atoms with Crippen LogP contribution in [0, 0.1) is 0 Å². The SMILES string of the molecule is C1=C(c2ccccc2-c2ccccc2)CC(n2c3ccccc3c3ccccc32)C=C1n1c2ccccc2c2ccccc21. The van der Waals surface area contributed by atoms with Gasteiger partial charge in [-0.2, -0.15) is 0 Å². The van der Waals surface area contributed by atoms with Crippen LogP contribution < -0.4 is 0 Å². The van der Waals surface area contributed by atoms with Crippen molar-refractivity contribution >= 4 is 54.9 Å². The van der Waals surface area contributed by atoms with Gasteiger partial charge < -0.3 is 9.13 Å². The van der Waals surface area contributed by atoms with Gasteiger partial charge in [-0.1, -0.05) is 127 Å². The molecular formula is C42H30N2. The Kier molecular flexibility index (Phi) is 5.67. The van der Waals surface area contributed by atoms with Gasteiger partial charge in [0.25, 0.3) is 0 Å². The van der Waals surface area contributed by atoms with E-state index in [-0.39, 0.29) is 6.04 Å². The zero-order chi connectivity index (χ0) is 29.0. The Morgan fingerprint density at radius 1 is 0.432 bits per heavy atom. The van der Waals surface area contributed by atoms with Crippen molar-refractivity contribution in [3.8, 4) is 11.1 Å². The van der Waals surface area contributed by atoms with Crippen LogP contribution in [0.15, 0.2) is 164 Å². The van der Waals surface area contributed by atoms with Gasteiger partial charge in [0.2, 0.25) is 0 Å². The van der Waals surface area contributed by atoms with Crippen LogP contribution in [0.1, 0.15) is 18.0 Å². The Morgan fingerprint density at radius 2 is 0.886 bits per heavy atom. The zero-order valence-corrected chi connectivity index (χ0v) is 24.3. The Labute approximate surface area is 256 Å². The van der Waals surface area contributed by atoms with E-state index in [0.29, 0.717) is 0 Å². The molecule has 2 nitrogen and oxygen atoms in total. The number of hydrogen-bond donors (Lipinski definition) is 0. The lowest BCUT2D eigenvalue weighted by molar-refractivity contribution is 0.656. The van der Waals surface area contributed by atoms with Crippen molar-refractivity contribution in [3.05, 3.63) is 169 Å². The summed E-state index contributed by atoms with van der Waals surface area (Å²) >= 11 is 0. The summed E-state index contributed by atoms with van der Waals surface area (Å²) in [6.07, 6.45) is 5.82. The molecule has 0 N–H and O–H groups in total. The van der Waals surface area contributed by atoms with E-state index < -0.39 is 0 Å². The average molecular weight is 563 g/mol. The number of rotatable bonds is 4. The minimum atomic E-state index is 0.124. The number of fused-ring (bicyclic) bond motifs is 6. The molecular weight excluding hydrogens is 532 g/mol. The first-order chi connectivity index (χ1) is 21.8. The summed E-state index contributed by atoms with van der Waals surface area (Å²) in [5.74, 6) is 0. The van der Waals surface area contributed by atoms with E-state index >= 15 is 0 Å². The smallest absolute Gasteiger partial charge is 0.0586 e. The van der Waals surface area contributed by atoms with Gasteiger partial charge >= 0.3 is 0 Å². The van der Waals surface area contributed by atoms with Crippen LogP contribution in [0.2, 0.25) is 0 Å². The Balaban J connectivity index is 1.34. The normalized spacial score (nSPS) is 15.2. The van der Waals surface area contributed by atoms with Crippen molar-refractivity contribution in [1.29, 1.82) is 0 Å². The minimum absolute atomic E-state index is 0.124. The van der Waals surface area contributed by atoms with Gasteiger partial charge in [-0.15, -0.1) is 0 Å². The summed E-state index contributed by atoms with van der Waals surface area (Å²) in [5, 5.41) is 5.16. The third-order valence-electron chi connectivity index (χ3n) is 9.26. The zero-order valence-electron chi connectivity index (χ0n) is 24.3. The predicted octanol–water partition coefficient (Wildman–Crippen LogP) is 11.1. The van der Waals surface area contributed by atoms with Gasteiger partial charge in [0.05, 0.1) is 17.1 Å². The second-order valence-corrected chi connectivity index (χ2v) is 11.7. The Morgan fingerprint density at radius 3 is 1.48 bits per heavy atom. The molecule has 0 radical (unpaired) electrons. The van der Waals surface area contributed by atoms with Gasteiger partial charge in [0.1, 0.15) is 0 Å². The fourth-order valence-corrected chi connectivity index (χ4v) is 7.40. The topological polar surface area (TPSA) is 9.86 Å². The van der Waals surface area contributed by atoms with Gasteiger partial charge in [-0.3, -0.25) is 0 Å². The third kappa shape index (κ3) is 3.81. The van der Waals surface area contributed by atoms with Gasteiger partial charge in [-0.05, 0) is 65.1 Å². The highest BCUT2D eigenvalue weighted by Gasteiger charge is 2.25. The molecule has 0 spiro atoms. The number of nitrogens with zero attached hydrogens (tertiary/aromatic N) is 2. The molecule has 2 aromatic heterocycles. The number of para-hydroxylation sites is 4. The highest BCUT2D eigenvalue weighted by atomic mass is 15.0. The molecule has 0 fully saturated rings. The molecule has 1 atom stereocenters. The lowest BCUT2D eigenvalue weighted by atomic mass is 9.87. The number of benzene rings is 6. The fourth-order valence-electron chi connectivity index (χ4n) is 7.40. The molecule has 1 unspecified atom stereocenters. The van der Waals surface area contributed by atoms with Crippen LogP contribution in [-0.4, -0.2) is 9.13 Å². The molecule has 44 heavy (non-hydrogen) atoms. The Hall–Kier alpha value is -5.60. The van der Waals surface area contributed by atoms with Gasteiger partial charge in [0.15, 0.2) is 0 Å². The summed E-state index contributed by atoms with van der Waals surface area (Å²) in [5.41, 5.74) is 11.4. The van der Waals surface area contributed by atoms with Crippen molar-refractivity contribution in [2.75, 3.05) is 0 Å². The first kappa shape index (κ1) is 24.9. The quantitative estimate of drug-likeness (QED) is 0.202. The lowest BCUT2D eigenvalue weighted by Crippen LogP contribution is -2.13. The highest BCUT2D eigenvalue weighted by molar-refractivity contribution is 6.11. The highest BCUT2D eigenvalue weighted by Crippen LogP contribution is 2.43. The summed E-state index contributed by atoms with van der Waals surface area (Å²) in [4.78, 5) is 0. The maximum atomic E-state index is 2.57. The van der Waals surface area contributed by atoms with Crippen LogP contribution in [0.25, 0.3) is 66.0 Å². The molecule has 2 heteroatoms. The third-order valence-corrected chi connectivity index (χ3v) is 9.26. The summed E-state index contributed by atoms with van der Waals surface area (Å²) in [6.45, 7) is 0. The van der Waals surface area contributed by atoms with Gasteiger partial charge in [-0.25, -0.2) is 0 Å². The predicted molar refractivity (Wildman–Crippen MR) is 187 cm³/mol. The van der Waals surface area contributed by atoms with E-state index in [1.54, 1.807) is 0 Å². The summed E-state index contributed by atoms with van der Waals surface area (Å²) < 4.78 is 5.03. The molecule has 8 aromatic rings. The van der Waals surface area contributed by atoms with E-state index in [1.165, 1.54) is 71.6 Å². The fraction of sp³-hybridized carbons (Fsp3) is 0.0476. The summed E-state index contributed by atoms with van der Waals surface area (Å²) in [7, 11) is 0. The monoisotopic (exact) mass is 562 g/mol. The minimum Gasteiger partial charge on any atom is -0.333 e. The second kappa shape index (κ2) is 10.00. The molecule has 2 heterocycles. The van der Waals surface area contributed by atoms with Crippen LogP contribution in [-0.2, 0) is 0 Å². The first-order valence-corrected chi connectivity index (χ1v) is 15.4. The van der Waals surface area contributed by atoms with Crippen LogP contribution in [0.4, 0.5) is 0 Å². The maximum absolute atomic E-state index is 2.57. The van der Waals surface area contributed by atoms with Crippen molar-refractivity contribution < 1.29 is 0 Å².